The van der Waals surface area contributed by atoms with Gasteiger partial charge in [-0.1, -0.05) is 0 Å². The van der Waals surface area contributed by atoms with E-state index in [9.17, 15) is 0 Å². The average molecular weight is 197 g/mol. The molecule has 4 heteroatoms. The molecule has 1 aliphatic rings. The molecule has 13 heavy (non-hydrogen) atoms. The second kappa shape index (κ2) is 4.33. The van der Waals surface area contributed by atoms with Crippen LogP contribution in [0, 0.1) is 0 Å². The molecule has 0 heterocycles. The molecule has 0 aromatic rings. The van der Waals surface area contributed by atoms with E-state index in [0.29, 0.717) is 6.42 Å². The Morgan fingerprint density at radius 3 is 2.77 bits per heavy atom. The maximum atomic E-state index is 5.23. The van der Waals surface area contributed by atoms with Gasteiger partial charge in [-0.05, 0) is 30.4 Å². The molecule has 0 spiro atoms. The number of methoxy groups -OCH3 is 2. The third kappa shape index (κ3) is 2.25. The van der Waals surface area contributed by atoms with Crippen molar-refractivity contribution < 1.29 is 9.47 Å². The minimum Gasteiger partial charge on any atom is -0.497 e. The number of isothiocyanates is 1. The van der Waals surface area contributed by atoms with Crippen molar-refractivity contribution in [1.29, 1.82) is 0 Å². The van der Waals surface area contributed by atoms with Crippen LogP contribution in [-0.4, -0.2) is 25.1 Å². The van der Waals surface area contributed by atoms with E-state index < -0.39 is 5.72 Å². The Kier molecular flexibility index (Phi) is 3.37. The normalized spacial score (nSPS) is 26.2. The van der Waals surface area contributed by atoms with Crippen molar-refractivity contribution in [3.8, 4) is 0 Å². The van der Waals surface area contributed by atoms with E-state index in [4.69, 9.17) is 9.47 Å². The zero-order chi connectivity index (χ0) is 9.73. The van der Waals surface area contributed by atoms with Crippen LogP contribution in [0.15, 0.2) is 29.0 Å². The lowest BCUT2D eigenvalue weighted by molar-refractivity contribution is 0.0408. The van der Waals surface area contributed by atoms with Gasteiger partial charge in [-0.15, -0.1) is 0 Å². The summed E-state index contributed by atoms with van der Waals surface area (Å²) in [5.74, 6) is 0.812. The lowest BCUT2D eigenvalue weighted by Crippen LogP contribution is -2.27. The topological polar surface area (TPSA) is 30.8 Å². The highest BCUT2D eigenvalue weighted by molar-refractivity contribution is 7.78. The molecule has 0 N–H and O–H groups in total. The molecule has 1 unspecified atom stereocenters. The first-order chi connectivity index (χ1) is 6.26. The molecular formula is C9H11NO2S. The van der Waals surface area contributed by atoms with Gasteiger partial charge in [0.2, 0.25) is 0 Å². The molecule has 1 aliphatic carbocycles. The number of ether oxygens (including phenoxy) is 2. The molecule has 0 amide bonds. The standard InChI is InChI=1S/C9H11NO2S/c1-11-8-3-5-9(12-2,6-4-8)10-7-13/h3-5H,6H2,1-2H3. The summed E-state index contributed by atoms with van der Waals surface area (Å²) in [4.78, 5) is 3.96. The first-order valence-electron chi connectivity index (χ1n) is 3.84. The molecule has 1 atom stereocenters. The molecule has 3 nitrogen and oxygen atoms in total. The van der Waals surface area contributed by atoms with E-state index in [2.05, 4.69) is 22.4 Å². The number of aliphatic imine (C=N–C) groups is 1. The van der Waals surface area contributed by atoms with Crippen molar-refractivity contribution in [2.75, 3.05) is 14.2 Å². The van der Waals surface area contributed by atoms with E-state index in [0.717, 1.165) is 5.76 Å². The molecule has 0 fully saturated rings. The van der Waals surface area contributed by atoms with Gasteiger partial charge in [-0.3, -0.25) is 0 Å². The van der Waals surface area contributed by atoms with Crippen molar-refractivity contribution in [2.24, 2.45) is 4.99 Å². The van der Waals surface area contributed by atoms with Crippen LogP contribution in [0.5, 0.6) is 0 Å². The quantitative estimate of drug-likeness (QED) is 0.511. The van der Waals surface area contributed by atoms with Gasteiger partial charge >= 0.3 is 0 Å². The predicted molar refractivity (Wildman–Crippen MR) is 53.6 cm³/mol. The smallest absolute Gasteiger partial charge is 0.191 e. The van der Waals surface area contributed by atoms with Crippen molar-refractivity contribution in [3.05, 3.63) is 24.0 Å². The number of nitrogens with zero attached hydrogens (tertiary/aromatic N) is 1. The van der Waals surface area contributed by atoms with Crippen LogP contribution in [0.3, 0.4) is 0 Å². The highest BCUT2D eigenvalue weighted by Crippen LogP contribution is 2.25. The molecule has 0 aliphatic heterocycles. The van der Waals surface area contributed by atoms with Crippen LogP contribution < -0.4 is 0 Å². The minimum atomic E-state index is -0.677. The molecule has 1 rings (SSSR count). The maximum Gasteiger partial charge on any atom is 0.191 e. The summed E-state index contributed by atoms with van der Waals surface area (Å²) in [6, 6.07) is 0. The number of thiocarbonyl (C=S) groups is 1. The van der Waals surface area contributed by atoms with E-state index in [1.165, 1.54) is 0 Å². The van der Waals surface area contributed by atoms with Gasteiger partial charge in [0.15, 0.2) is 5.72 Å². The molecule has 0 saturated heterocycles. The number of rotatable bonds is 3. The first-order valence-corrected chi connectivity index (χ1v) is 4.25. The second-order valence-electron chi connectivity index (χ2n) is 2.60. The van der Waals surface area contributed by atoms with Gasteiger partial charge in [0.1, 0.15) is 5.76 Å². The number of hydrogen-bond acceptors (Lipinski definition) is 4. The Hall–Kier alpha value is -0.960. The fourth-order valence-corrected chi connectivity index (χ4v) is 1.26. The van der Waals surface area contributed by atoms with Crippen LogP contribution >= 0.6 is 12.2 Å². The molecular weight excluding hydrogens is 186 g/mol. The van der Waals surface area contributed by atoms with Crippen molar-refractivity contribution >= 4 is 17.4 Å². The van der Waals surface area contributed by atoms with Crippen LogP contribution in [-0.2, 0) is 9.47 Å². The Balaban J connectivity index is 2.82. The maximum absolute atomic E-state index is 5.23. The fourth-order valence-electron chi connectivity index (χ4n) is 1.10. The summed E-state index contributed by atoms with van der Waals surface area (Å²) >= 11 is 4.55. The van der Waals surface area contributed by atoms with Crippen LogP contribution in [0.25, 0.3) is 0 Å². The summed E-state index contributed by atoms with van der Waals surface area (Å²) in [5.41, 5.74) is -0.677. The average Bonchev–Trinajstić information content (AvgIpc) is 2.19. The third-order valence-electron chi connectivity index (χ3n) is 1.93. The summed E-state index contributed by atoms with van der Waals surface area (Å²) in [5, 5.41) is 2.32. The van der Waals surface area contributed by atoms with Crippen molar-refractivity contribution in [3.63, 3.8) is 0 Å². The van der Waals surface area contributed by atoms with E-state index >= 15 is 0 Å². The third-order valence-corrected chi connectivity index (χ3v) is 2.02. The summed E-state index contributed by atoms with van der Waals surface area (Å²) in [6.07, 6.45) is 6.14. The fraction of sp³-hybridized carbons (Fsp3) is 0.444. The van der Waals surface area contributed by atoms with Gasteiger partial charge in [0.05, 0.1) is 12.3 Å². The molecule has 0 radical (unpaired) electrons. The van der Waals surface area contributed by atoms with Gasteiger partial charge in [-0.2, -0.15) is 4.99 Å². The molecule has 0 bridgehead atoms. The Morgan fingerprint density at radius 1 is 1.62 bits per heavy atom. The summed E-state index contributed by atoms with van der Waals surface area (Å²) in [7, 11) is 3.21. The van der Waals surface area contributed by atoms with Crippen LogP contribution in [0.2, 0.25) is 0 Å². The molecule has 0 saturated carbocycles. The molecule has 0 aromatic heterocycles. The largest absolute Gasteiger partial charge is 0.497 e. The second-order valence-corrected chi connectivity index (χ2v) is 2.78. The van der Waals surface area contributed by atoms with Crippen molar-refractivity contribution in [2.45, 2.75) is 12.1 Å². The summed E-state index contributed by atoms with van der Waals surface area (Å²) < 4.78 is 10.3. The number of allylic oxidation sites excluding steroid dienone is 1. The first kappa shape index (κ1) is 10.1. The zero-order valence-corrected chi connectivity index (χ0v) is 8.43. The minimum absolute atomic E-state index is 0.618. The highest BCUT2D eigenvalue weighted by Gasteiger charge is 2.26. The predicted octanol–water partition coefficient (Wildman–Crippen LogP) is 1.92. The lowest BCUT2D eigenvalue weighted by Gasteiger charge is -2.24. The summed E-state index contributed by atoms with van der Waals surface area (Å²) in [6.45, 7) is 0. The van der Waals surface area contributed by atoms with Gasteiger partial charge < -0.3 is 9.47 Å². The van der Waals surface area contributed by atoms with Crippen LogP contribution in [0.4, 0.5) is 0 Å². The SMILES string of the molecule is COC1=CCC(N=C=S)(OC)C=C1. The Labute approximate surface area is 82.8 Å². The van der Waals surface area contributed by atoms with Crippen LogP contribution in [0.1, 0.15) is 6.42 Å². The Bertz CT molecular complexity index is 292. The van der Waals surface area contributed by atoms with E-state index in [-0.39, 0.29) is 0 Å². The van der Waals surface area contributed by atoms with E-state index in [1.54, 1.807) is 14.2 Å². The monoisotopic (exact) mass is 197 g/mol. The van der Waals surface area contributed by atoms with Gasteiger partial charge in [-0.25, -0.2) is 0 Å². The molecule has 70 valence electrons. The van der Waals surface area contributed by atoms with E-state index in [1.807, 2.05) is 18.2 Å². The number of hydrogen-bond donors (Lipinski definition) is 0. The van der Waals surface area contributed by atoms with Gasteiger partial charge in [0.25, 0.3) is 0 Å². The zero-order valence-electron chi connectivity index (χ0n) is 7.61. The van der Waals surface area contributed by atoms with Gasteiger partial charge in [0, 0.05) is 13.5 Å². The molecule has 0 aromatic carbocycles. The Morgan fingerprint density at radius 2 is 2.38 bits per heavy atom. The highest BCUT2D eigenvalue weighted by atomic mass is 32.1. The lowest BCUT2D eigenvalue weighted by atomic mass is 10.0. The van der Waals surface area contributed by atoms with Crippen molar-refractivity contribution in [1.82, 2.24) is 0 Å².